The summed E-state index contributed by atoms with van der Waals surface area (Å²) >= 11 is 0. The molecule has 30 heavy (non-hydrogen) atoms. The van der Waals surface area contributed by atoms with Crippen molar-refractivity contribution in [2.75, 3.05) is 78.1 Å². The molecule has 0 spiro atoms. The fraction of sp³-hybridized carbons (Fsp3) is 0.696. The second-order valence-corrected chi connectivity index (χ2v) is 8.18. The van der Waals surface area contributed by atoms with Crippen molar-refractivity contribution >= 4 is 11.6 Å². The summed E-state index contributed by atoms with van der Waals surface area (Å²) in [6.07, 6.45) is 4.85. The Morgan fingerprint density at radius 1 is 1.03 bits per heavy atom. The van der Waals surface area contributed by atoms with E-state index < -0.39 is 0 Å². The van der Waals surface area contributed by atoms with Gasteiger partial charge in [0.15, 0.2) is 5.96 Å². The molecule has 0 atom stereocenters. The molecule has 1 aromatic carbocycles. The van der Waals surface area contributed by atoms with Crippen LogP contribution in [0.4, 0.5) is 5.69 Å². The van der Waals surface area contributed by atoms with Crippen LogP contribution < -0.4 is 20.3 Å². The fourth-order valence-electron chi connectivity index (χ4n) is 3.67. The van der Waals surface area contributed by atoms with Gasteiger partial charge in [0.05, 0.1) is 7.11 Å². The van der Waals surface area contributed by atoms with Crippen LogP contribution >= 0.6 is 0 Å². The van der Waals surface area contributed by atoms with E-state index in [0.29, 0.717) is 0 Å². The van der Waals surface area contributed by atoms with E-state index in [2.05, 4.69) is 37.6 Å². The highest BCUT2D eigenvalue weighted by Gasteiger charge is 2.20. The fourth-order valence-corrected chi connectivity index (χ4v) is 3.67. The molecule has 2 fully saturated rings. The molecule has 0 bridgehead atoms. The maximum atomic E-state index is 5.67. The molecule has 7 nitrogen and oxygen atoms in total. The van der Waals surface area contributed by atoms with Gasteiger partial charge in [-0.25, -0.2) is 0 Å². The number of hydrogen-bond acceptors (Lipinski definition) is 5. The van der Waals surface area contributed by atoms with Gasteiger partial charge >= 0.3 is 0 Å². The molecule has 1 saturated carbocycles. The monoisotopic (exact) mass is 417 g/mol. The van der Waals surface area contributed by atoms with E-state index >= 15 is 0 Å². The van der Waals surface area contributed by atoms with Gasteiger partial charge in [-0.3, -0.25) is 9.89 Å². The Kier molecular flexibility index (Phi) is 9.57. The van der Waals surface area contributed by atoms with Crippen molar-refractivity contribution in [3.63, 3.8) is 0 Å². The molecule has 168 valence electrons. The summed E-state index contributed by atoms with van der Waals surface area (Å²) in [6.45, 7) is 9.12. The number of benzene rings is 1. The summed E-state index contributed by atoms with van der Waals surface area (Å²) < 4.78 is 10.9. The standard InChI is InChI=1S/C23H39N5O2/c1-24-23(26-12-4-18-30-19-20-5-6-20)25-11-3-13-27-14-16-28(17-15-27)21-7-9-22(29-2)10-8-21/h7-10,20H,3-6,11-19H2,1-2H3,(H2,24,25,26). The number of nitrogens with one attached hydrogen (secondary N) is 2. The number of ether oxygens (including phenoxy) is 2. The molecule has 2 N–H and O–H groups in total. The zero-order valence-corrected chi connectivity index (χ0v) is 18.7. The third kappa shape index (κ3) is 8.03. The highest BCUT2D eigenvalue weighted by Crippen LogP contribution is 2.28. The first kappa shape index (κ1) is 22.7. The first-order valence-electron chi connectivity index (χ1n) is 11.4. The summed E-state index contributed by atoms with van der Waals surface area (Å²) in [6, 6.07) is 8.37. The average Bonchev–Trinajstić information content (AvgIpc) is 3.62. The number of aliphatic imine (C=N–C) groups is 1. The molecule has 1 aliphatic carbocycles. The van der Waals surface area contributed by atoms with Gasteiger partial charge in [-0.15, -0.1) is 0 Å². The molecule has 0 radical (unpaired) electrons. The van der Waals surface area contributed by atoms with Crippen LogP contribution in [0.1, 0.15) is 25.7 Å². The summed E-state index contributed by atoms with van der Waals surface area (Å²) in [5.41, 5.74) is 1.28. The van der Waals surface area contributed by atoms with Crippen molar-refractivity contribution in [2.45, 2.75) is 25.7 Å². The minimum Gasteiger partial charge on any atom is -0.497 e. The Labute approximate surface area is 181 Å². The van der Waals surface area contributed by atoms with E-state index in [-0.39, 0.29) is 0 Å². The van der Waals surface area contributed by atoms with Crippen molar-refractivity contribution in [3.05, 3.63) is 24.3 Å². The van der Waals surface area contributed by atoms with Crippen LogP contribution in [0.5, 0.6) is 5.75 Å². The lowest BCUT2D eigenvalue weighted by Gasteiger charge is -2.36. The van der Waals surface area contributed by atoms with Crippen molar-refractivity contribution < 1.29 is 9.47 Å². The lowest BCUT2D eigenvalue weighted by Crippen LogP contribution is -2.47. The number of anilines is 1. The maximum Gasteiger partial charge on any atom is 0.190 e. The van der Waals surface area contributed by atoms with Gasteiger partial charge in [0.2, 0.25) is 0 Å². The number of piperazine rings is 1. The van der Waals surface area contributed by atoms with Gasteiger partial charge in [0.25, 0.3) is 0 Å². The largest absolute Gasteiger partial charge is 0.497 e. The van der Waals surface area contributed by atoms with Crippen LogP contribution in [0.2, 0.25) is 0 Å². The molecule has 0 aromatic heterocycles. The van der Waals surface area contributed by atoms with Gasteiger partial charge in [0, 0.05) is 65.2 Å². The van der Waals surface area contributed by atoms with Gasteiger partial charge in [-0.2, -0.15) is 0 Å². The first-order valence-corrected chi connectivity index (χ1v) is 11.4. The van der Waals surface area contributed by atoms with Crippen LogP contribution in [0.25, 0.3) is 0 Å². The van der Waals surface area contributed by atoms with Crippen LogP contribution in [0, 0.1) is 5.92 Å². The third-order valence-electron chi connectivity index (χ3n) is 5.79. The second kappa shape index (κ2) is 12.6. The van der Waals surface area contributed by atoms with E-state index in [1.807, 2.05) is 19.2 Å². The summed E-state index contributed by atoms with van der Waals surface area (Å²) in [4.78, 5) is 9.31. The SMILES string of the molecule is CN=C(NCCCOCC1CC1)NCCCN1CCN(c2ccc(OC)cc2)CC1. The molecule has 3 rings (SSSR count). The predicted molar refractivity (Wildman–Crippen MR) is 124 cm³/mol. The molecule has 1 aliphatic heterocycles. The van der Waals surface area contributed by atoms with E-state index in [4.69, 9.17) is 9.47 Å². The zero-order valence-electron chi connectivity index (χ0n) is 18.7. The Morgan fingerprint density at radius 2 is 1.73 bits per heavy atom. The Hall–Kier alpha value is -1.99. The van der Waals surface area contributed by atoms with E-state index in [0.717, 1.165) is 89.5 Å². The van der Waals surface area contributed by atoms with Crippen LogP contribution in [0.15, 0.2) is 29.3 Å². The number of rotatable bonds is 12. The Morgan fingerprint density at radius 3 is 2.37 bits per heavy atom. The van der Waals surface area contributed by atoms with Crippen LogP contribution in [0.3, 0.4) is 0 Å². The molecule has 1 aromatic rings. The van der Waals surface area contributed by atoms with Gasteiger partial charge in [0.1, 0.15) is 5.75 Å². The normalized spacial score (nSPS) is 17.8. The number of methoxy groups -OCH3 is 1. The summed E-state index contributed by atoms with van der Waals surface area (Å²) in [7, 11) is 3.54. The highest BCUT2D eigenvalue weighted by molar-refractivity contribution is 5.79. The molecule has 0 unspecified atom stereocenters. The minimum atomic E-state index is 0.836. The molecule has 2 aliphatic rings. The summed E-state index contributed by atoms with van der Waals surface area (Å²) in [5.74, 6) is 2.65. The van der Waals surface area contributed by atoms with Gasteiger partial charge in [-0.05, 0) is 62.4 Å². The number of guanidine groups is 1. The van der Waals surface area contributed by atoms with E-state index in [1.54, 1.807) is 7.11 Å². The minimum absolute atomic E-state index is 0.836. The number of nitrogens with zero attached hydrogens (tertiary/aromatic N) is 3. The van der Waals surface area contributed by atoms with Crippen LogP contribution in [-0.4, -0.2) is 84.0 Å². The molecular formula is C23H39N5O2. The van der Waals surface area contributed by atoms with E-state index in [1.165, 1.54) is 18.5 Å². The molecule has 1 heterocycles. The topological polar surface area (TPSA) is 61.4 Å². The lowest BCUT2D eigenvalue weighted by molar-refractivity contribution is 0.123. The maximum absolute atomic E-state index is 5.67. The predicted octanol–water partition coefficient (Wildman–Crippen LogP) is 2.19. The third-order valence-corrected chi connectivity index (χ3v) is 5.79. The van der Waals surface area contributed by atoms with Crippen LogP contribution in [-0.2, 0) is 4.74 Å². The highest BCUT2D eigenvalue weighted by atomic mass is 16.5. The molecule has 0 amide bonds. The Bertz CT molecular complexity index is 625. The first-order chi connectivity index (χ1) is 14.8. The molecule has 1 saturated heterocycles. The zero-order chi connectivity index (χ0) is 21.0. The van der Waals surface area contributed by atoms with Gasteiger partial charge in [-0.1, -0.05) is 0 Å². The van der Waals surface area contributed by atoms with Crippen molar-refractivity contribution in [1.82, 2.24) is 15.5 Å². The number of hydrogen-bond donors (Lipinski definition) is 2. The van der Waals surface area contributed by atoms with Crippen molar-refractivity contribution in [1.29, 1.82) is 0 Å². The average molecular weight is 418 g/mol. The van der Waals surface area contributed by atoms with Gasteiger partial charge < -0.3 is 25.0 Å². The summed E-state index contributed by atoms with van der Waals surface area (Å²) in [5, 5.41) is 6.80. The second-order valence-electron chi connectivity index (χ2n) is 8.18. The molecular weight excluding hydrogens is 378 g/mol. The Balaban J connectivity index is 1.21. The van der Waals surface area contributed by atoms with Crippen molar-refractivity contribution in [2.24, 2.45) is 10.9 Å². The quantitative estimate of drug-likeness (QED) is 0.309. The molecule has 7 heteroatoms. The van der Waals surface area contributed by atoms with E-state index in [9.17, 15) is 0 Å². The smallest absolute Gasteiger partial charge is 0.190 e. The van der Waals surface area contributed by atoms with Crippen molar-refractivity contribution in [3.8, 4) is 5.75 Å². The lowest BCUT2D eigenvalue weighted by atomic mass is 10.2.